The number of hydrogen-bond acceptors (Lipinski definition) is 3. The van der Waals surface area contributed by atoms with Crippen molar-refractivity contribution in [1.82, 2.24) is 4.90 Å². The predicted molar refractivity (Wildman–Crippen MR) is 93.0 cm³/mol. The Hall–Kier alpha value is -2.82. The van der Waals surface area contributed by atoms with Crippen molar-refractivity contribution in [2.45, 2.75) is 25.4 Å². The lowest BCUT2D eigenvalue weighted by Crippen LogP contribution is -2.59. The molecule has 0 saturated heterocycles. The number of benzene rings is 2. The summed E-state index contributed by atoms with van der Waals surface area (Å²) >= 11 is 0. The van der Waals surface area contributed by atoms with E-state index in [2.05, 4.69) is 24.5 Å². The average molecular weight is 321 g/mol. The highest BCUT2D eigenvalue weighted by atomic mass is 16.2. The summed E-state index contributed by atoms with van der Waals surface area (Å²) in [6.07, 6.45) is 0. The van der Waals surface area contributed by atoms with Gasteiger partial charge in [-0.2, -0.15) is 0 Å². The van der Waals surface area contributed by atoms with Gasteiger partial charge in [0.15, 0.2) is 0 Å². The van der Waals surface area contributed by atoms with Crippen LogP contribution in [-0.4, -0.2) is 23.8 Å². The van der Waals surface area contributed by atoms with Crippen molar-refractivity contribution < 1.29 is 9.59 Å². The Morgan fingerprint density at radius 1 is 1.04 bits per heavy atom. The summed E-state index contributed by atoms with van der Waals surface area (Å²) in [6, 6.07) is 13.2. The number of carbonyl (C=O) groups excluding carboxylic acids is 2. The first-order valence-electron chi connectivity index (χ1n) is 8.06. The molecule has 1 spiro atoms. The highest BCUT2D eigenvalue weighted by Gasteiger charge is 2.55. The van der Waals surface area contributed by atoms with Crippen molar-refractivity contribution >= 4 is 23.2 Å². The lowest BCUT2D eigenvalue weighted by Gasteiger charge is -2.42. The molecule has 2 aliphatic rings. The first kappa shape index (κ1) is 14.8. The van der Waals surface area contributed by atoms with Gasteiger partial charge in [-0.15, -0.1) is 0 Å². The van der Waals surface area contributed by atoms with E-state index in [9.17, 15) is 9.59 Å². The topological polar surface area (TPSA) is 61.4 Å². The molecule has 2 N–H and O–H groups in total. The summed E-state index contributed by atoms with van der Waals surface area (Å²) in [5.41, 5.74) is 2.72. The molecule has 0 aromatic heterocycles. The number of rotatable bonds is 1. The summed E-state index contributed by atoms with van der Waals surface area (Å²) in [5, 5.41) is 6.23. The summed E-state index contributed by atoms with van der Waals surface area (Å²) < 4.78 is 0. The van der Waals surface area contributed by atoms with Crippen molar-refractivity contribution in [3.05, 3.63) is 59.2 Å². The van der Waals surface area contributed by atoms with Crippen LogP contribution in [0.2, 0.25) is 0 Å². The Labute approximate surface area is 140 Å². The van der Waals surface area contributed by atoms with Crippen LogP contribution in [-0.2, 0) is 10.5 Å². The van der Waals surface area contributed by atoms with E-state index >= 15 is 0 Å². The third-order valence-corrected chi connectivity index (χ3v) is 4.96. The smallest absolute Gasteiger partial charge is 0.276 e. The van der Waals surface area contributed by atoms with Gasteiger partial charge in [-0.3, -0.25) is 9.59 Å². The van der Waals surface area contributed by atoms with E-state index < -0.39 is 5.66 Å². The van der Waals surface area contributed by atoms with Crippen LogP contribution < -0.4 is 10.6 Å². The monoisotopic (exact) mass is 321 g/mol. The van der Waals surface area contributed by atoms with E-state index in [0.717, 1.165) is 16.8 Å². The molecule has 0 aliphatic carbocycles. The molecular weight excluding hydrogens is 302 g/mol. The predicted octanol–water partition coefficient (Wildman–Crippen LogP) is 3.11. The van der Waals surface area contributed by atoms with Crippen LogP contribution in [0, 0.1) is 0 Å². The highest BCUT2D eigenvalue weighted by molar-refractivity contribution is 6.14. The largest absolute Gasteiger partial charge is 0.350 e. The minimum atomic E-state index is -1.20. The fraction of sp³-hybridized carbons (Fsp3) is 0.263. The Balaban J connectivity index is 1.95. The summed E-state index contributed by atoms with van der Waals surface area (Å²) in [7, 11) is 1.67. The lowest BCUT2D eigenvalue weighted by molar-refractivity contribution is -0.124. The van der Waals surface area contributed by atoms with Gasteiger partial charge in [-0.1, -0.05) is 32.0 Å². The first-order chi connectivity index (χ1) is 11.4. The molecule has 5 heteroatoms. The van der Waals surface area contributed by atoms with Gasteiger partial charge >= 0.3 is 0 Å². The Kier molecular flexibility index (Phi) is 2.97. The fourth-order valence-corrected chi connectivity index (χ4v) is 3.51. The summed E-state index contributed by atoms with van der Waals surface area (Å²) in [6.45, 7) is 4.22. The number of likely N-dealkylation sites (N-methyl/N-ethyl adjacent to an activating group) is 1. The molecule has 1 unspecified atom stereocenters. The van der Waals surface area contributed by atoms with E-state index in [1.807, 2.05) is 36.4 Å². The molecule has 4 rings (SSSR count). The minimum absolute atomic E-state index is 0.165. The Bertz CT molecular complexity index is 875. The molecular formula is C19H19N3O2. The van der Waals surface area contributed by atoms with Crippen molar-refractivity contribution in [1.29, 1.82) is 0 Å². The molecule has 122 valence electrons. The SMILES string of the molecule is CC(C)c1ccc2c(c1)C1(Nc3ccccc3C(=O)N1C)C(=O)N2. The van der Waals surface area contributed by atoms with Crippen LogP contribution in [0.4, 0.5) is 11.4 Å². The number of nitrogens with zero attached hydrogens (tertiary/aromatic N) is 1. The van der Waals surface area contributed by atoms with E-state index in [0.29, 0.717) is 17.2 Å². The molecule has 5 nitrogen and oxygen atoms in total. The number of fused-ring (bicyclic) bond motifs is 3. The van der Waals surface area contributed by atoms with E-state index in [1.54, 1.807) is 13.1 Å². The van der Waals surface area contributed by atoms with Gasteiger partial charge < -0.3 is 15.5 Å². The van der Waals surface area contributed by atoms with Crippen molar-refractivity contribution in [2.75, 3.05) is 17.7 Å². The van der Waals surface area contributed by atoms with Gasteiger partial charge in [0.25, 0.3) is 11.8 Å². The molecule has 24 heavy (non-hydrogen) atoms. The number of para-hydroxylation sites is 1. The molecule has 0 bridgehead atoms. The van der Waals surface area contributed by atoms with Gasteiger partial charge in [-0.05, 0) is 35.7 Å². The molecule has 2 aromatic carbocycles. The average Bonchev–Trinajstić information content (AvgIpc) is 2.85. The van der Waals surface area contributed by atoms with Crippen molar-refractivity contribution in [3.63, 3.8) is 0 Å². The first-order valence-corrected chi connectivity index (χ1v) is 8.06. The third kappa shape index (κ3) is 1.75. The van der Waals surface area contributed by atoms with E-state index in [1.165, 1.54) is 4.90 Å². The fourth-order valence-electron chi connectivity index (χ4n) is 3.51. The standard InChI is InChI=1S/C19H19N3O2/c1-11(2)12-8-9-16-14(10-12)19(18(24)20-16)21-15-7-5-4-6-13(15)17(23)22(19)3/h4-11,21H,1-3H3,(H,20,24). The van der Waals surface area contributed by atoms with Gasteiger partial charge in [0.05, 0.1) is 5.56 Å². The lowest BCUT2D eigenvalue weighted by atomic mass is 9.90. The summed E-state index contributed by atoms with van der Waals surface area (Å²) in [4.78, 5) is 27.2. The van der Waals surface area contributed by atoms with Crippen molar-refractivity contribution in [2.24, 2.45) is 0 Å². The third-order valence-electron chi connectivity index (χ3n) is 4.96. The quantitative estimate of drug-likeness (QED) is 0.848. The Morgan fingerprint density at radius 2 is 1.79 bits per heavy atom. The molecule has 1 atom stereocenters. The van der Waals surface area contributed by atoms with Crippen LogP contribution in [0.5, 0.6) is 0 Å². The zero-order valence-corrected chi connectivity index (χ0v) is 13.9. The van der Waals surface area contributed by atoms with Crippen LogP contribution in [0.25, 0.3) is 0 Å². The molecule has 0 saturated carbocycles. The maximum absolute atomic E-state index is 12.9. The van der Waals surface area contributed by atoms with E-state index in [-0.39, 0.29) is 11.8 Å². The molecule has 2 heterocycles. The van der Waals surface area contributed by atoms with Crippen LogP contribution in [0.15, 0.2) is 42.5 Å². The highest BCUT2D eigenvalue weighted by Crippen LogP contribution is 2.45. The van der Waals surface area contributed by atoms with Crippen LogP contribution >= 0.6 is 0 Å². The number of anilines is 2. The number of amides is 2. The van der Waals surface area contributed by atoms with Gasteiger partial charge in [-0.25, -0.2) is 0 Å². The molecule has 2 amide bonds. The van der Waals surface area contributed by atoms with Crippen molar-refractivity contribution in [3.8, 4) is 0 Å². The Morgan fingerprint density at radius 3 is 2.54 bits per heavy atom. The molecule has 0 fully saturated rings. The molecule has 2 aliphatic heterocycles. The maximum Gasteiger partial charge on any atom is 0.276 e. The van der Waals surface area contributed by atoms with Crippen LogP contribution in [0.3, 0.4) is 0 Å². The van der Waals surface area contributed by atoms with Crippen LogP contribution in [0.1, 0.15) is 41.3 Å². The second kappa shape index (κ2) is 4.84. The zero-order chi connectivity index (χ0) is 17.1. The summed E-state index contributed by atoms with van der Waals surface area (Å²) in [5.74, 6) is -0.0639. The number of carbonyl (C=O) groups is 2. The van der Waals surface area contributed by atoms with Gasteiger partial charge in [0, 0.05) is 24.0 Å². The normalized spacial score (nSPS) is 21.6. The number of nitrogens with one attached hydrogen (secondary N) is 2. The molecule has 2 aromatic rings. The maximum atomic E-state index is 12.9. The zero-order valence-electron chi connectivity index (χ0n) is 13.9. The number of hydrogen-bond donors (Lipinski definition) is 2. The van der Waals surface area contributed by atoms with E-state index in [4.69, 9.17) is 0 Å². The second-order valence-corrected chi connectivity index (χ2v) is 6.66. The molecule has 0 radical (unpaired) electrons. The van der Waals surface area contributed by atoms with Gasteiger partial charge in [0.1, 0.15) is 0 Å². The minimum Gasteiger partial charge on any atom is -0.350 e. The van der Waals surface area contributed by atoms with Gasteiger partial charge in [0.2, 0.25) is 5.66 Å². The second-order valence-electron chi connectivity index (χ2n) is 6.66.